The molecule has 0 radical (unpaired) electrons. The quantitative estimate of drug-likeness (QED) is 0.254. The third kappa shape index (κ3) is 6.67. The summed E-state index contributed by atoms with van der Waals surface area (Å²) in [5.74, 6) is -0.269. The molecule has 1 atom stereocenters. The second kappa shape index (κ2) is 12.4. The molecule has 5 N–H and O–H groups in total. The smallest absolute Gasteiger partial charge is 0.248 e. The summed E-state index contributed by atoms with van der Waals surface area (Å²) in [5.41, 5.74) is 12.8. The van der Waals surface area contributed by atoms with Crippen molar-refractivity contribution in [3.8, 4) is 0 Å². The molecule has 4 aromatic rings. The molecule has 41 heavy (non-hydrogen) atoms. The van der Waals surface area contributed by atoms with E-state index in [1.165, 1.54) is 16.8 Å². The van der Waals surface area contributed by atoms with E-state index in [1.807, 2.05) is 43.6 Å². The topological polar surface area (TPSA) is 127 Å². The number of nitrogens with two attached hydrogens (primary N) is 1. The zero-order valence-electron chi connectivity index (χ0n) is 24.3. The van der Waals surface area contributed by atoms with E-state index in [4.69, 9.17) is 5.73 Å². The Kier molecular flexibility index (Phi) is 8.84. The number of fused-ring (bicyclic) bond motifs is 4. The fourth-order valence-electron chi connectivity index (χ4n) is 5.95. The molecule has 9 nitrogen and oxygen atoms in total. The first-order valence-electron chi connectivity index (χ1n) is 14.5. The summed E-state index contributed by atoms with van der Waals surface area (Å²) in [6.07, 6.45) is 8.16. The van der Waals surface area contributed by atoms with Crippen LogP contribution in [-0.2, 0) is 35.0 Å². The number of hydrogen-bond acceptors (Lipinski definition) is 5. The lowest BCUT2D eigenvalue weighted by molar-refractivity contribution is 0.100. The van der Waals surface area contributed by atoms with Gasteiger partial charge in [-0.15, -0.1) is 0 Å². The first kappa shape index (κ1) is 29.3. The zero-order chi connectivity index (χ0) is 29.1. The van der Waals surface area contributed by atoms with Crippen molar-refractivity contribution in [2.75, 3.05) is 40.8 Å². The third-order valence-electron chi connectivity index (χ3n) is 8.35. The Labute approximate surface area is 242 Å². The summed E-state index contributed by atoms with van der Waals surface area (Å²) in [7, 11) is 2.93. The van der Waals surface area contributed by atoms with E-state index in [0.29, 0.717) is 24.7 Å². The van der Waals surface area contributed by atoms with Gasteiger partial charge < -0.3 is 25.9 Å². The zero-order valence-corrected chi connectivity index (χ0v) is 25.1. The summed E-state index contributed by atoms with van der Waals surface area (Å²) < 4.78 is 26.6. The van der Waals surface area contributed by atoms with Gasteiger partial charge in [0.15, 0.2) is 0 Å². The molecule has 10 heteroatoms. The average molecular weight is 579 g/mol. The number of nitrogens with zero attached hydrogens (tertiary/aromatic N) is 2. The fraction of sp³-hybridized carbons (Fsp3) is 0.452. The van der Waals surface area contributed by atoms with Gasteiger partial charge in [-0.25, -0.2) is 12.7 Å². The number of rotatable bonds is 8. The number of aromatic amines is 2. The number of benzene rings is 2. The minimum atomic E-state index is -3.19. The summed E-state index contributed by atoms with van der Waals surface area (Å²) in [6.45, 7) is 2.31. The number of H-pyrrole nitrogens is 2. The van der Waals surface area contributed by atoms with Gasteiger partial charge >= 0.3 is 0 Å². The summed E-state index contributed by atoms with van der Waals surface area (Å²) in [4.78, 5) is 20.1. The highest BCUT2D eigenvalue weighted by Gasteiger charge is 2.26. The van der Waals surface area contributed by atoms with Gasteiger partial charge in [0.05, 0.1) is 5.75 Å². The van der Waals surface area contributed by atoms with Gasteiger partial charge in [0.1, 0.15) is 0 Å². The number of carbonyl (C=O) groups is 1. The predicted octanol–water partition coefficient (Wildman–Crippen LogP) is 3.54. The number of primary amides is 1. The molecular formula is C31H42N6O3S. The fourth-order valence-corrected chi connectivity index (χ4v) is 7.55. The van der Waals surface area contributed by atoms with Crippen LogP contribution in [0.2, 0.25) is 0 Å². The Morgan fingerprint density at radius 3 is 2.56 bits per heavy atom. The summed E-state index contributed by atoms with van der Waals surface area (Å²) in [6, 6.07) is 12.1. The highest BCUT2D eigenvalue weighted by atomic mass is 32.2. The molecule has 2 aliphatic rings. The van der Waals surface area contributed by atoms with Crippen LogP contribution in [0.1, 0.15) is 52.0 Å². The van der Waals surface area contributed by atoms with Gasteiger partial charge in [0.2, 0.25) is 15.9 Å². The Hall–Kier alpha value is -3.18. The van der Waals surface area contributed by atoms with E-state index in [9.17, 15) is 13.2 Å². The second-order valence-electron chi connectivity index (χ2n) is 11.5. The lowest BCUT2D eigenvalue weighted by atomic mass is 9.91. The monoisotopic (exact) mass is 578 g/mol. The van der Waals surface area contributed by atoms with Crippen LogP contribution >= 0.6 is 0 Å². The van der Waals surface area contributed by atoms with E-state index in [1.54, 1.807) is 10.4 Å². The number of likely N-dealkylation sites (N-methyl/N-ethyl adjacent to an activating group) is 2. The van der Waals surface area contributed by atoms with Crippen LogP contribution in [0.15, 0.2) is 42.6 Å². The maximum Gasteiger partial charge on any atom is 0.248 e. The van der Waals surface area contributed by atoms with Crippen molar-refractivity contribution in [1.29, 1.82) is 0 Å². The Morgan fingerprint density at radius 1 is 1.10 bits per heavy atom. The van der Waals surface area contributed by atoms with Crippen molar-refractivity contribution < 1.29 is 13.2 Å². The number of hydrogen-bond donors (Lipinski definition) is 4. The van der Waals surface area contributed by atoms with E-state index >= 15 is 0 Å². The average Bonchev–Trinajstić information content (AvgIpc) is 3.70. The molecule has 2 aromatic carbocycles. The second-order valence-corrected chi connectivity index (χ2v) is 13.5. The van der Waals surface area contributed by atoms with Crippen LogP contribution in [0.4, 0.5) is 0 Å². The lowest BCUT2D eigenvalue weighted by Crippen LogP contribution is -2.31. The van der Waals surface area contributed by atoms with Crippen LogP contribution in [0.25, 0.3) is 21.8 Å². The van der Waals surface area contributed by atoms with Crippen molar-refractivity contribution in [3.63, 3.8) is 0 Å². The molecule has 1 aliphatic carbocycles. The predicted molar refractivity (Wildman–Crippen MR) is 166 cm³/mol. The molecule has 0 unspecified atom stereocenters. The van der Waals surface area contributed by atoms with Crippen molar-refractivity contribution >= 4 is 37.7 Å². The van der Waals surface area contributed by atoms with Gasteiger partial charge in [0.25, 0.3) is 0 Å². The molecular weight excluding hydrogens is 536 g/mol. The van der Waals surface area contributed by atoms with Gasteiger partial charge in [-0.3, -0.25) is 4.79 Å². The number of amides is 1. The minimum absolute atomic E-state index is 0.0985. The van der Waals surface area contributed by atoms with Crippen LogP contribution in [-0.4, -0.2) is 80.3 Å². The molecule has 3 heterocycles. The van der Waals surface area contributed by atoms with Crippen molar-refractivity contribution in [1.82, 2.24) is 24.5 Å². The van der Waals surface area contributed by atoms with Crippen molar-refractivity contribution in [3.05, 3.63) is 70.5 Å². The lowest BCUT2D eigenvalue weighted by Gasteiger charge is -2.21. The molecule has 1 aliphatic heterocycles. The first-order chi connectivity index (χ1) is 19.6. The van der Waals surface area contributed by atoms with Gasteiger partial charge in [0, 0.05) is 64.9 Å². The van der Waals surface area contributed by atoms with Crippen molar-refractivity contribution in [2.45, 2.75) is 50.3 Å². The molecule has 0 bridgehead atoms. The van der Waals surface area contributed by atoms with Gasteiger partial charge in [-0.1, -0.05) is 6.07 Å². The summed E-state index contributed by atoms with van der Waals surface area (Å²) >= 11 is 0. The molecule has 1 saturated heterocycles. The van der Waals surface area contributed by atoms with E-state index in [0.717, 1.165) is 72.4 Å². The third-order valence-corrected chi connectivity index (χ3v) is 10.2. The standard InChI is InChI=1S/C17H25N3O2S.C14H17N3O/c1-19(2)10-7-15-12-18-17-6-5-14(11-16(15)17)13-23(21,22)20-8-3-4-9-20;1-16-9-3-5-13-11(7-9)10-6-8(14(15)18)2-4-12(10)17-13/h5-6,11-12,18H,3-4,7-10,13H2,1-2H3;2,4,6,9,16-17H,3,5,7H2,1H3,(H2,15,18)/t;9-/m.1/s1. The molecule has 0 spiro atoms. The SMILES string of the molecule is CN(C)CCc1c[nH]c2ccc(CS(=O)(=O)N3CCCC3)cc12.CN[C@@H]1CCc2[nH]c3ccc(C(N)=O)cc3c2C1. The van der Waals surface area contributed by atoms with E-state index < -0.39 is 10.0 Å². The molecule has 220 valence electrons. The molecule has 1 amide bonds. The number of aryl methyl sites for hydroxylation is 1. The molecule has 6 rings (SSSR count). The number of carbonyl (C=O) groups excluding carboxylic acids is 1. The normalized spacial score (nSPS) is 17.6. The highest BCUT2D eigenvalue weighted by Crippen LogP contribution is 2.30. The van der Waals surface area contributed by atoms with E-state index in [2.05, 4.69) is 34.3 Å². The molecule has 0 saturated carbocycles. The molecule has 1 fully saturated rings. The first-order valence-corrected chi connectivity index (χ1v) is 16.1. The van der Waals surface area contributed by atoms with Crippen LogP contribution in [0.3, 0.4) is 0 Å². The molecule has 2 aromatic heterocycles. The van der Waals surface area contributed by atoms with Gasteiger partial charge in [-0.2, -0.15) is 0 Å². The largest absolute Gasteiger partial charge is 0.366 e. The number of sulfonamides is 1. The Morgan fingerprint density at radius 2 is 1.85 bits per heavy atom. The highest BCUT2D eigenvalue weighted by molar-refractivity contribution is 7.88. The van der Waals surface area contributed by atoms with Crippen molar-refractivity contribution in [2.24, 2.45) is 5.73 Å². The number of nitrogens with one attached hydrogen (secondary N) is 3. The minimum Gasteiger partial charge on any atom is -0.366 e. The van der Waals surface area contributed by atoms with Crippen LogP contribution < -0.4 is 11.1 Å². The Bertz CT molecular complexity index is 1630. The van der Waals surface area contributed by atoms with Gasteiger partial charge in [-0.05, 0) is 107 Å². The maximum atomic E-state index is 12.5. The summed E-state index contributed by atoms with van der Waals surface area (Å²) in [5, 5.41) is 5.61. The Balaban J connectivity index is 0.000000169. The van der Waals surface area contributed by atoms with E-state index in [-0.39, 0.29) is 11.7 Å². The number of aromatic nitrogens is 2. The van der Waals surface area contributed by atoms with Crippen LogP contribution in [0.5, 0.6) is 0 Å². The van der Waals surface area contributed by atoms with Crippen LogP contribution in [0, 0.1) is 0 Å². The maximum absolute atomic E-state index is 12.5.